The van der Waals surface area contributed by atoms with Crippen LogP contribution in [-0.2, 0) is 32.7 Å². The van der Waals surface area contributed by atoms with Crippen LogP contribution in [0, 0.1) is 0 Å². The molecule has 0 saturated carbocycles. The second-order valence-corrected chi connectivity index (χ2v) is 17.9. The van der Waals surface area contributed by atoms with Crippen molar-refractivity contribution in [1.29, 1.82) is 0 Å². The first-order valence-electron chi connectivity index (χ1n) is 23.1. The highest BCUT2D eigenvalue weighted by molar-refractivity contribution is 7.45. The van der Waals surface area contributed by atoms with Crippen LogP contribution in [-0.4, -0.2) is 81.7 Å². The van der Waals surface area contributed by atoms with E-state index in [-0.39, 0.29) is 32.7 Å². The molecule has 0 spiro atoms. The largest absolute Gasteiger partial charge is 0.756 e. The van der Waals surface area contributed by atoms with Gasteiger partial charge in [-0.25, -0.2) is 0 Å². The molecule has 0 aliphatic carbocycles. The molecule has 0 aromatic carbocycles. The van der Waals surface area contributed by atoms with E-state index in [9.17, 15) is 19.0 Å². The Kier molecular flexibility index (Phi) is 39.4. The van der Waals surface area contributed by atoms with Crippen LogP contribution >= 0.6 is 7.82 Å². The Morgan fingerprint density at radius 3 is 1.54 bits per heavy atom. The summed E-state index contributed by atoms with van der Waals surface area (Å²) in [6.07, 6.45) is 46.9. The number of likely N-dealkylation sites (N-methyl/N-ethyl adjacent to an activating group) is 1. The first-order chi connectivity index (χ1) is 28.5. The molecule has 10 nitrogen and oxygen atoms in total. The summed E-state index contributed by atoms with van der Waals surface area (Å²) in [6, 6.07) is 0. The molecule has 1 unspecified atom stereocenters. The Balaban J connectivity index is 4.43. The molecule has 0 aliphatic heterocycles. The first kappa shape index (κ1) is 56.7. The maximum atomic E-state index is 12.7. The highest BCUT2D eigenvalue weighted by atomic mass is 31.2. The van der Waals surface area contributed by atoms with Gasteiger partial charge in [-0.2, -0.15) is 0 Å². The average molecular weight is 852 g/mol. The van der Waals surface area contributed by atoms with E-state index in [0.717, 1.165) is 70.6 Å². The lowest BCUT2D eigenvalue weighted by Crippen LogP contribution is -2.37. The third-order valence-electron chi connectivity index (χ3n) is 9.56. The average Bonchev–Trinajstić information content (AvgIpc) is 3.19. The molecule has 0 bridgehead atoms. The number of carbonyl (C=O) groups excluding carboxylic acids is 2. The molecular formula is C48H86NO9P. The SMILES string of the molecule is CCCCCCCC/C=C\CCCCCCCCCC(=O)OC[C@H](COP(=O)([O-])OCC[N+](C)(C)C)OC(=O)CCC/C=C\C/C=C\C/C=C\C/C=C\CCCCCO. The molecule has 0 aliphatic rings. The van der Waals surface area contributed by atoms with Crippen molar-refractivity contribution >= 4 is 19.8 Å². The zero-order chi connectivity index (χ0) is 43.6. The van der Waals surface area contributed by atoms with Crippen LogP contribution in [0.3, 0.4) is 0 Å². The molecule has 1 N–H and O–H groups in total. The Bertz CT molecular complexity index is 1190. The Morgan fingerprint density at radius 1 is 0.576 bits per heavy atom. The molecule has 0 saturated heterocycles. The van der Waals surface area contributed by atoms with Crippen molar-refractivity contribution in [1.82, 2.24) is 0 Å². The number of nitrogens with zero attached hydrogens (tertiary/aromatic N) is 1. The van der Waals surface area contributed by atoms with Crippen molar-refractivity contribution in [2.75, 3.05) is 54.1 Å². The number of aliphatic hydroxyl groups excluding tert-OH is 1. The van der Waals surface area contributed by atoms with Crippen molar-refractivity contribution < 1.29 is 47.2 Å². The van der Waals surface area contributed by atoms with Crippen molar-refractivity contribution in [3.63, 3.8) is 0 Å². The Morgan fingerprint density at radius 2 is 1.02 bits per heavy atom. The Hall–Kier alpha value is -2.33. The van der Waals surface area contributed by atoms with Crippen molar-refractivity contribution in [2.45, 2.75) is 180 Å². The van der Waals surface area contributed by atoms with Gasteiger partial charge in [-0.1, -0.05) is 138 Å². The predicted molar refractivity (Wildman–Crippen MR) is 242 cm³/mol. The summed E-state index contributed by atoms with van der Waals surface area (Å²) in [5.41, 5.74) is 0. The minimum atomic E-state index is -4.65. The van der Waals surface area contributed by atoms with Gasteiger partial charge in [-0.05, 0) is 83.5 Å². The highest BCUT2D eigenvalue weighted by Gasteiger charge is 2.21. The molecule has 0 radical (unpaired) electrons. The quantitative estimate of drug-likeness (QED) is 0.0210. The number of quaternary nitrogens is 1. The number of ether oxygens (including phenoxy) is 2. The highest BCUT2D eigenvalue weighted by Crippen LogP contribution is 2.38. The van der Waals surface area contributed by atoms with E-state index < -0.39 is 32.5 Å². The van der Waals surface area contributed by atoms with E-state index in [2.05, 4.69) is 61.6 Å². The van der Waals surface area contributed by atoms with E-state index in [0.29, 0.717) is 30.3 Å². The number of rotatable bonds is 42. The fraction of sp³-hybridized carbons (Fsp3) is 0.750. The number of unbranched alkanes of at least 4 members (excludes halogenated alkanes) is 17. The molecule has 11 heteroatoms. The zero-order valence-electron chi connectivity index (χ0n) is 37.9. The summed E-state index contributed by atoms with van der Waals surface area (Å²) >= 11 is 0. The smallest absolute Gasteiger partial charge is 0.306 e. The van der Waals surface area contributed by atoms with Crippen molar-refractivity contribution in [2.24, 2.45) is 0 Å². The van der Waals surface area contributed by atoms with E-state index >= 15 is 0 Å². The monoisotopic (exact) mass is 852 g/mol. The lowest BCUT2D eigenvalue weighted by Gasteiger charge is -2.28. The molecule has 0 aromatic heterocycles. The van der Waals surface area contributed by atoms with Crippen LogP contribution in [0.1, 0.15) is 174 Å². The molecule has 0 aromatic rings. The van der Waals surface area contributed by atoms with Crippen LogP contribution in [0.5, 0.6) is 0 Å². The van der Waals surface area contributed by atoms with Gasteiger partial charge in [-0.3, -0.25) is 14.2 Å². The molecule has 59 heavy (non-hydrogen) atoms. The van der Waals surface area contributed by atoms with Crippen LogP contribution in [0.4, 0.5) is 0 Å². The van der Waals surface area contributed by atoms with Gasteiger partial charge in [-0.15, -0.1) is 0 Å². The van der Waals surface area contributed by atoms with E-state index in [1.54, 1.807) is 0 Å². The maximum absolute atomic E-state index is 12.7. The van der Waals surface area contributed by atoms with Crippen LogP contribution in [0.25, 0.3) is 0 Å². The first-order valence-corrected chi connectivity index (χ1v) is 24.6. The number of phosphoric acid groups is 1. The number of carbonyl (C=O) groups is 2. The molecule has 0 amide bonds. The lowest BCUT2D eigenvalue weighted by molar-refractivity contribution is -0.870. The normalized spacial score (nSPS) is 14.1. The van der Waals surface area contributed by atoms with Crippen LogP contribution < -0.4 is 4.89 Å². The van der Waals surface area contributed by atoms with Crippen molar-refractivity contribution in [3.05, 3.63) is 60.8 Å². The molecule has 0 fully saturated rings. The van der Waals surface area contributed by atoms with Crippen molar-refractivity contribution in [3.8, 4) is 0 Å². The summed E-state index contributed by atoms with van der Waals surface area (Å²) in [5.74, 6) is -0.921. The number of phosphoric ester groups is 1. The summed E-state index contributed by atoms with van der Waals surface area (Å²) < 4.78 is 33.8. The standard InChI is InChI=1S/C48H86NO9P/c1-5-6-7-8-9-10-11-12-13-15-18-21-24-27-30-33-36-39-47(51)55-44-46(45-57-59(53,54)56-43-41-49(2,3)4)58-48(52)40-37-34-31-28-25-22-19-16-14-17-20-23-26-29-32-35-38-42-50/h12-14,17,19,22-23,26,28,31,46,50H,5-11,15-16,18,20-21,24-25,27,29-30,32-45H2,1-4H3/b13-12-,17-14-,22-19-,26-23-,31-28-/t46-/m1/s1. The topological polar surface area (TPSA) is 131 Å². The third kappa shape index (κ3) is 45.0. The molecule has 0 rings (SSSR count). The van der Waals surface area contributed by atoms with Gasteiger partial charge in [0, 0.05) is 19.4 Å². The second kappa shape index (κ2) is 41.0. The van der Waals surface area contributed by atoms with Crippen LogP contribution in [0.2, 0.25) is 0 Å². The van der Waals surface area contributed by atoms with Gasteiger partial charge >= 0.3 is 11.9 Å². The molecule has 2 atom stereocenters. The van der Waals surface area contributed by atoms with Gasteiger partial charge in [0.15, 0.2) is 6.10 Å². The Labute approximate surface area is 360 Å². The number of hydrogen-bond donors (Lipinski definition) is 1. The fourth-order valence-electron chi connectivity index (χ4n) is 5.91. The maximum Gasteiger partial charge on any atom is 0.306 e. The van der Waals surface area contributed by atoms with Gasteiger partial charge in [0.2, 0.25) is 0 Å². The minimum absolute atomic E-state index is 0.0488. The number of aliphatic hydroxyl groups is 1. The number of hydrogen-bond acceptors (Lipinski definition) is 9. The summed E-state index contributed by atoms with van der Waals surface area (Å²) in [6.45, 7) is 2.15. The van der Waals surface area contributed by atoms with E-state index in [1.165, 1.54) is 64.2 Å². The van der Waals surface area contributed by atoms with Gasteiger partial charge in [0.05, 0.1) is 27.7 Å². The second-order valence-electron chi connectivity index (χ2n) is 16.5. The van der Waals surface area contributed by atoms with Gasteiger partial charge < -0.3 is 33.0 Å². The zero-order valence-corrected chi connectivity index (χ0v) is 38.8. The third-order valence-corrected chi connectivity index (χ3v) is 10.5. The van der Waals surface area contributed by atoms with E-state index in [1.807, 2.05) is 27.2 Å². The molecular weight excluding hydrogens is 765 g/mol. The lowest BCUT2D eigenvalue weighted by atomic mass is 10.1. The van der Waals surface area contributed by atoms with E-state index in [4.69, 9.17) is 23.6 Å². The molecule has 0 heterocycles. The summed E-state index contributed by atoms with van der Waals surface area (Å²) in [7, 11) is 1.10. The molecule has 342 valence electrons. The number of esters is 2. The van der Waals surface area contributed by atoms with Gasteiger partial charge in [0.25, 0.3) is 7.82 Å². The summed E-state index contributed by atoms with van der Waals surface area (Å²) in [5, 5.41) is 8.80. The van der Waals surface area contributed by atoms with Crippen LogP contribution in [0.15, 0.2) is 60.8 Å². The van der Waals surface area contributed by atoms with Gasteiger partial charge in [0.1, 0.15) is 19.8 Å². The fourth-order valence-corrected chi connectivity index (χ4v) is 6.64. The predicted octanol–water partition coefficient (Wildman–Crippen LogP) is 11.6. The minimum Gasteiger partial charge on any atom is -0.756 e. The summed E-state index contributed by atoms with van der Waals surface area (Å²) in [4.78, 5) is 37.6. The number of allylic oxidation sites excluding steroid dienone is 10.